The van der Waals surface area contributed by atoms with Gasteiger partial charge in [-0.15, -0.1) is 11.3 Å². The first-order chi connectivity index (χ1) is 15.0. The summed E-state index contributed by atoms with van der Waals surface area (Å²) in [5, 5.41) is 4.84. The van der Waals surface area contributed by atoms with E-state index in [2.05, 4.69) is 10.3 Å². The molecule has 1 aromatic rings. The van der Waals surface area contributed by atoms with Crippen molar-refractivity contribution in [3.8, 4) is 0 Å². The standard InChI is InChI=1S/C19H27F3N4O4S2/c20-19(21,22)6-11-32(29,30)25-8-9-26(16(27)13-25)15(12-14-4-2-1-3-5-14)17(28)24-18-23-7-10-31-18/h7,10,14-15H,1-6,8-9,11-13H2,(H,23,24,28)/t15-/m0/s1. The number of sulfonamides is 1. The largest absolute Gasteiger partial charge is 0.390 e. The van der Waals surface area contributed by atoms with Crippen LogP contribution in [0.1, 0.15) is 44.9 Å². The van der Waals surface area contributed by atoms with Crippen molar-refractivity contribution in [2.75, 3.05) is 30.7 Å². The molecule has 8 nitrogen and oxygen atoms in total. The summed E-state index contributed by atoms with van der Waals surface area (Å²) in [5.74, 6) is -1.79. The number of carbonyl (C=O) groups excluding carboxylic acids is 2. The van der Waals surface area contributed by atoms with Crippen molar-refractivity contribution in [2.24, 2.45) is 5.92 Å². The third kappa shape index (κ3) is 6.88. The van der Waals surface area contributed by atoms with Crippen LogP contribution >= 0.6 is 11.3 Å². The summed E-state index contributed by atoms with van der Waals surface area (Å²) in [7, 11) is -4.23. The maximum Gasteiger partial charge on any atom is 0.390 e. The molecule has 2 aliphatic rings. The number of thiazole rings is 1. The molecule has 0 bridgehead atoms. The highest BCUT2D eigenvalue weighted by atomic mass is 32.2. The summed E-state index contributed by atoms with van der Waals surface area (Å²) < 4.78 is 62.7. The predicted octanol–water partition coefficient (Wildman–Crippen LogP) is 2.85. The van der Waals surface area contributed by atoms with Gasteiger partial charge in [-0.25, -0.2) is 13.4 Å². The van der Waals surface area contributed by atoms with Gasteiger partial charge in [0.1, 0.15) is 6.04 Å². The van der Waals surface area contributed by atoms with Crippen molar-refractivity contribution in [3.63, 3.8) is 0 Å². The summed E-state index contributed by atoms with van der Waals surface area (Å²) in [5.41, 5.74) is 0. The Kier molecular flexibility index (Phi) is 8.15. The molecular weight excluding hydrogens is 469 g/mol. The molecule has 1 aromatic heterocycles. The summed E-state index contributed by atoms with van der Waals surface area (Å²) in [4.78, 5) is 31.3. The molecule has 13 heteroatoms. The number of rotatable bonds is 8. The Bertz CT molecular complexity index is 887. The summed E-state index contributed by atoms with van der Waals surface area (Å²) in [6, 6.07) is -0.783. The maximum absolute atomic E-state index is 13.0. The van der Waals surface area contributed by atoms with Crippen LogP contribution in [0, 0.1) is 5.92 Å². The van der Waals surface area contributed by atoms with E-state index in [9.17, 15) is 31.2 Å². The minimum atomic E-state index is -4.60. The average Bonchev–Trinajstić information content (AvgIpc) is 3.24. The SMILES string of the molecule is O=C(Nc1nccs1)[C@H](CC1CCCCC1)N1CCN(S(=O)(=O)CCC(F)(F)F)CC1=O. The number of amides is 2. The molecule has 1 aliphatic carbocycles. The van der Waals surface area contributed by atoms with E-state index in [0.29, 0.717) is 11.6 Å². The summed E-state index contributed by atoms with van der Waals surface area (Å²) in [6.07, 6.45) is 1.12. The minimum absolute atomic E-state index is 0.0489. The van der Waals surface area contributed by atoms with Crippen LogP contribution in [-0.4, -0.2) is 72.0 Å². The third-order valence-corrected chi connectivity index (χ3v) is 8.39. The van der Waals surface area contributed by atoms with Gasteiger partial charge < -0.3 is 10.2 Å². The van der Waals surface area contributed by atoms with Gasteiger partial charge in [-0.2, -0.15) is 17.5 Å². The monoisotopic (exact) mass is 496 g/mol. The minimum Gasteiger partial charge on any atom is -0.328 e. The van der Waals surface area contributed by atoms with Crippen molar-refractivity contribution >= 4 is 38.3 Å². The molecule has 1 saturated heterocycles. The zero-order valence-corrected chi connectivity index (χ0v) is 19.1. The molecule has 2 heterocycles. The van der Waals surface area contributed by atoms with Gasteiger partial charge in [0.2, 0.25) is 21.8 Å². The molecule has 1 atom stereocenters. The second-order valence-corrected chi connectivity index (χ2v) is 11.2. The maximum atomic E-state index is 13.0. The fourth-order valence-corrected chi connectivity index (χ4v) is 6.14. The fourth-order valence-electron chi connectivity index (χ4n) is 4.19. The van der Waals surface area contributed by atoms with E-state index in [0.717, 1.165) is 36.4 Å². The molecule has 0 unspecified atom stereocenters. The highest BCUT2D eigenvalue weighted by Crippen LogP contribution is 2.30. The Balaban J connectivity index is 1.69. The third-order valence-electron chi connectivity index (χ3n) is 5.88. The van der Waals surface area contributed by atoms with Crippen molar-refractivity contribution in [1.29, 1.82) is 0 Å². The molecule has 1 saturated carbocycles. The molecule has 180 valence electrons. The molecule has 3 rings (SSSR count). The molecule has 0 spiro atoms. The number of piperazine rings is 1. The van der Waals surface area contributed by atoms with E-state index in [1.165, 1.54) is 16.2 Å². The topological polar surface area (TPSA) is 99.7 Å². The first-order valence-corrected chi connectivity index (χ1v) is 13.1. The number of hydrogen-bond donors (Lipinski definition) is 1. The predicted molar refractivity (Wildman–Crippen MR) is 113 cm³/mol. The van der Waals surface area contributed by atoms with E-state index < -0.39 is 46.9 Å². The molecular formula is C19H27F3N4O4S2. The van der Waals surface area contributed by atoms with E-state index in [-0.39, 0.29) is 24.9 Å². The van der Waals surface area contributed by atoms with Crippen LogP contribution in [-0.2, 0) is 19.6 Å². The molecule has 1 N–H and O–H groups in total. The smallest absolute Gasteiger partial charge is 0.328 e. The van der Waals surface area contributed by atoms with Crippen LogP contribution in [0.15, 0.2) is 11.6 Å². The van der Waals surface area contributed by atoms with Crippen molar-refractivity contribution in [1.82, 2.24) is 14.2 Å². The van der Waals surface area contributed by atoms with Gasteiger partial charge >= 0.3 is 6.18 Å². The number of anilines is 1. The number of aromatic nitrogens is 1. The van der Waals surface area contributed by atoms with Crippen molar-refractivity contribution in [2.45, 2.75) is 57.2 Å². The highest BCUT2D eigenvalue weighted by Gasteiger charge is 2.40. The van der Waals surface area contributed by atoms with Crippen LogP contribution in [0.25, 0.3) is 0 Å². The van der Waals surface area contributed by atoms with E-state index >= 15 is 0 Å². The highest BCUT2D eigenvalue weighted by molar-refractivity contribution is 7.89. The Morgan fingerprint density at radius 2 is 1.97 bits per heavy atom. The second kappa shape index (κ2) is 10.5. The lowest BCUT2D eigenvalue weighted by Crippen LogP contribution is -2.58. The van der Waals surface area contributed by atoms with E-state index in [1.54, 1.807) is 11.6 Å². The van der Waals surface area contributed by atoms with Gasteiger partial charge in [0.25, 0.3) is 0 Å². The quantitative estimate of drug-likeness (QED) is 0.597. The Hall–Kier alpha value is -1.73. The van der Waals surface area contributed by atoms with Gasteiger partial charge in [-0.1, -0.05) is 32.1 Å². The molecule has 1 aliphatic heterocycles. The molecule has 32 heavy (non-hydrogen) atoms. The number of carbonyl (C=O) groups is 2. The van der Waals surface area contributed by atoms with Crippen LogP contribution in [0.4, 0.5) is 18.3 Å². The summed E-state index contributed by atoms with van der Waals surface area (Å²) >= 11 is 1.25. The Morgan fingerprint density at radius 3 is 2.56 bits per heavy atom. The molecule has 0 radical (unpaired) electrons. The first-order valence-electron chi connectivity index (χ1n) is 10.6. The van der Waals surface area contributed by atoms with Gasteiger partial charge in [0.05, 0.1) is 18.7 Å². The molecule has 2 fully saturated rings. The van der Waals surface area contributed by atoms with Crippen molar-refractivity contribution in [3.05, 3.63) is 11.6 Å². The average molecular weight is 497 g/mol. The zero-order valence-electron chi connectivity index (χ0n) is 17.5. The Labute approximate surface area is 189 Å². The Morgan fingerprint density at radius 1 is 1.25 bits per heavy atom. The summed E-state index contributed by atoms with van der Waals surface area (Å²) in [6.45, 7) is -0.754. The number of nitrogens with zero attached hydrogens (tertiary/aromatic N) is 3. The number of hydrogen-bond acceptors (Lipinski definition) is 6. The lowest BCUT2D eigenvalue weighted by atomic mass is 9.84. The van der Waals surface area contributed by atoms with E-state index in [1.807, 2.05) is 0 Å². The second-order valence-electron chi connectivity index (χ2n) is 8.18. The molecule has 2 amide bonds. The molecule has 0 aromatic carbocycles. The zero-order chi connectivity index (χ0) is 23.4. The number of nitrogens with one attached hydrogen (secondary N) is 1. The first kappa shape index (κ1) is 24.9. The van der Waals surface area contributed by atoms with E-state index in [4.69, 9.17) is 0 Å². The fraction of sp³-hybridized carbons (Fsp3) is 0.737. The lowest BCUT2D eigenvalue weighted by Gasteiger charge is -2.39. The van der Waals surface area contributed by atoms with Gasteiger partial charge in [0, 0.05) is 24.7 Å². The lowest BCUT2D eigenvalue weighted by molar-refractivity contribution is -0.142. The van der Waals surface area contributed by atoms with Crippen molar-refractivity contribution < 1.29 is 31.2 Å². The van der Waals surface area contributed by atoms with Crippen LogP contribution in [0.3, 0.4) is 0 Å². The number of alkyl halides is 3. The normalized spacial score (nSPS) is 20.3. The van der Waals surface area contributed by atoms with Crippen LogP contribution < -0.4 is 5.32 Å². The van der Waals surface area contributed by atoms with Gasteiger partial charge in [-0.05, 0) is 12.3 Å². The van der Waals surface area contributed by atoms with Crippen LogP contribution in [0.5, 0.6) is 0 Å². The van der Waals surface area contributed by atoms with Crippen LogP contribution in [0.2, 0.25) is 0 Å². The number of halogens is 3. The van der Waals surface area contributed by atoms with Gasteiger partial charge in [0.15, 0.2) is 5.13 Å². The van der Waals surface area contributed by atoms with Gasteiger partial charge in [-0.3, -0.25) is 9.59 Å².